The van der Waals surface area contributed by atoms with Gasteiger partial charge in [-0.2, -0.15) is 0 Å². The number of amides is 1. The highest BCUT2D eigenvalue weighted by molar-refractivity contribution is 6.50. The van der Waals surface area contributed by atoms with Gasteiger partial charge < -0.3 is 5.32 Å². The second-order valence-corrected chi connectivity index (χ2v) is 5.92. The minimum Gasteiger partial charge on any atom is -0.321 e. The lowest BCUT2D eigenvalue weighted by Crippen LogP contribution is -2.33. The number of fused-ring (bicyclic) bond motifs is 1. The van der Waals surface area contributed by atoms with Crippen molar-refractivity contribution in [2.45, 2.75) is 6.42 Å². The fourth-order valence-electron chi connectivity index (χ4n) is 2.56. The van der Waals surface area contributed by atoms with E-state index in [4.69, 9.17) is 11.6 Å². The Bertz CT molecular complexity index is 979. The Morgan fingerprint density at radius 1 is 1.00 bits per heavy atom. The topological polar surface area (TPSA) is 106 Å². The number of nitro groups is 1. The van der Waals surface area contributed by atoms with Crippen LogP contribution in [0.1, 0.15) is 26.3 Å². The molecular formula is C18H11ClN2O5. The third-order valence-corrected chi connectivity index (χ3v) is 4.20. The van der Waals surface area contributed by atoms with Crippen LogP contribution in [-0.4, -0.2) is 22.4 Å². The number of nitro benzene ring substituents is 1. The number of non-ortho nitro benzene ring substituents is 1. The van der Waals surface area contributed by atoms with Crippen LogP contribution in [-0.2, 0) is 11.2 Å². The highest BCUT2D eigenvalue weighted by Gasteiger charge is 2.32. The van der Waals surface area contributed by atoms with Crippen LogP contribution >= 0.6 is 11.6 Å². The van der Waals surface area contributed by atoms with E-state index in [0.29, 0.717) is 5.56 Å². The molecule has 0 aromatic heterocycles. The largest absolute Gasteiger partial charge is 0.321 e. The number of nitrogens with zero attached hydrogens (tertiary/aromatic N) is 1. The molecule has 2 aromatic carbocycles. The van der Waals surface area contributed by atoms with Gasteiger partial charge in [0.1, 0.15) is 10.7 Å². The molecule has 0 spiro atoms. The van der Waals surface area contributed by atoms with Gasteiger partial charge in [0.2, 0.25) is 17.5 Å². The zero-order valence-electron chi connectivity index (χ0n) is 13.2. The Balaban J connectivity index is 1.78. The van der Waals surface area contributed by atoms with Crippen LogP contribution in [0.3, 0.4) is 0 Å². The molecule has 0 fully saturated rings. The Hall–Kier alpha value is -3.32. The van der Waals surface area contributed by atoms with Gasteiger partial charge in [0, 0.05) is 23.3 Å². The van der Waals surface area contributed by atoms with E-state index < -0.39 is 22.4 Å². The van der Waals surface area contributed by atoms with E-state index in [1.54, 1.807) is 12.1 Å². The summed E-state index contributed by atoms with van der Waals surface area (Å²) < 4.78 is 0. The van der Waals surface area contributed by atoms with Gasteiger partial charge in [-0.25, -0.2) is 0 Å². The van der Waals surface area contributed by atoms with Crippen LogP contribution in [0.15, 0.2) is 59.3 Å². The number of carbonyl (C=O) groups is 3. The minimum atomic E-state index is -0.562. The van der Waals surface area contributed by atoms with Gasteiger partial charge in [-0.15, -0.1) is 0 Å². The standard InChI is InChI=1S/C18H11ClN2O5/c19-15-16(18(24)13-4-2-1-3-12(13)17(15)23)20-14(22)9-10-5-7-11(8-6-10)21(25)26/h1-8H,9H2,(H,20,22). The van der Waals surface area contributed by atoms with E-state index in [1.807, 2.05) is 0 Å². The molecule has 0 unspecified atom stereocenters. The predicted molar refractivity (Wildman–Crippen MR) is 92.9 cm³/mol. The lowest BCUT2D eigenvalue weighted by atomic mass is 9.92. The molecule has 1 aliphatic carbocycles. The maximum absolute atomic E-state index is 12.5. The van der Waals surface area contributed by atoms with E-state index in [-0.39, 0.29) is 34.0 Å². The molecule has 8 heteroatoms. The number of Topliss-reactive ketones (excluding diaryl/α,β-unsaturated/α-hetero) is 2. The van der Waals surface area contributed by atoms with Crippen molar-refractivity contribution in [3.05, 3.63) is 86.1 Å². The number of allylic oxidation sites excluding steroid dienone is 2. The first-order chi connectivity index (χ1) is 12.4. The quantitative estimate of drug-likeness (QED) is 0.657. The molecule has 0 atom stereocenters. The summed E-state index contributed by atoms with van der Waals surface area (Å²) in [6.07, 6.45) is -0.130. The van der Waals surface area contributed by atoms with Gasteiger partial charge in [0.25, 0.3) is 5.69 Å². The van der Waals surface area contributed by atoms with Crippen LogP contribution in [0.4, 0.5) is 5.69 Å². The molecule has 2 aromatic rings. The number of nitrogens with one attached hydrogen (secondary N) is 1. The van der Waals surface area contributed by atoms with Gasteiger partial charge in [-0.1, -0.05) is 48.0 Å². The number of hydrogen-bond acceptors (Lipinski definition) is 5. The molecule has 130 valence electrons. The molecule has 0 heterocycles. The van der Waals surface area contributed by atoms with Crippen LogP contribution in [0.2, 0.25) is 0 Å². The zero-order valence-corrected chi connectivity index (χ0v) is 13.9. The number of carbonyl (C=O) groups excluding carboxylic acids is 3. The zero-order chi connectivity index (χ0) is 18.8. The SMILES string of the molecule is O=C(Cc1ccc([N+](=O)[O-])cc1)NC1=C(Cl)C(=O)c2ccccc2C1=O. The molecule has 0 saturated heterocycles. The average molecular weight is 371 g/mol. The number of benzene rings is 2. The fraction of sp³-hybridized carbons (Fsp3) is 0.0556. The van der Waals surface area contributed by atoms with Crippen LogP contribution in [0.5, 0.6) is 0 Å². The molecule has 0 radical (unpaired) electrons. The van der Waals surface area contributed by atoms with Crippen molar-refractivity contribution in [1.82, 2.24) is 5.32 Å². The van der Waals surface area contributed by atoms with Gasteiger partial charge in [-0.05, 0) is 5.56 Å². The van der Waals surface area contributed by atoms with Crippen LogP contribution < -0.4 is 5.32 Å². The summed E-state index contributed by atoms with van der Waals surface area (Å²) in [4.78, 5) is 47.1. The van der Waals surface area contributed by atoms with Crippen molar-refractivity contribution in [3.63, 3.8) is 0 Å². The van der Waals surface area contributed by atoms with Crippen molar-refractivity contribution in [1.29, 1.82) is 0 Å². The Morgan fingerprint density at radius 3 is 2.15 bits per heavy atom. The summed E-state index contributed by atoms with van der Waals surface area (Å²) in [7, 11) is 0. The smallest absolute Gasteiger partial charge is 0.269 e. The summed E-state index contributed by atoms with van der Waals surface area (Å²) in [5, 5.41) is 12.7. The van der Waals surface area contributed by atoms with E-state index in [9.17, 15) is 24.5 Å². The minimum absolute atomic E-state index is 0.0930. The third kappa shape index (κ3) is 3.25. The highest BCUT2D eigenvalue weighted by atomic mass is 35.5. The lowest BCUT2D eigenvalue weighted by molar-refractivity contribution is -0.384. The van der Waals surface area contributed by atoms with Crippen molar-refractivity contribution >= 4 is 34.8 Å². The molecular weight excluding hydrogens is 360 g/mol. The Labute approximate surface area is 152 Å². The van der Waals surface area contributed by atoms with E-state index in [1.165, 1.54) is 36.4 Å². The summed E-state index contributed by atoms with van der Waals surface area (Å²) in [6.45, 7) is 0. The normalized spacial score (nSPS) is 13.4. The fourth-order valence-corrected chi connectivity index (χ4v) is 2.80. The monoisotopic (exact) mass is 370 g/mol. The molecule has 0 bridgehead atoms. The molecule has 3 rings (SSSR count). The van der Waals surface area contributed by atoms with E-state index in [2.05, 4.69) is 5.32 Å². The molecule has 1 N–H and O–H groups in total. The molecule has 7 nitrogen and oxygen atoms in total. The van der Waals surface area contributed by atoms with Gasteiger partial charge >= 0.3 is 0 Å². The van der Waals surface area contributed by atoms with Gasteiger partial charge in [-0.3, -0.25) is 24.5 Å². The van der Waals surface area contributed by atoms with E-state index in [0.717, 1.165) is 0 Å². The number of hydrogen-bond donors (Lipinski definition) is 1. The summed E-state index contributed by atoms with van der Waals surface area (Å²) in [5.74, 6) is -1.64. The van der Waals surface area contributed by atoms with Crippen molar-refractivity contribution in [2.75, 3.05) is 0 Å². The first-order valence-corrected chi connectivity index (χ1v) is 7.87. The molecule has 1 aliphatic rings. The van der Waals surface area contributed by atoms with Crippen molar-refractivity contribution in [3.8, 4) is 0 Å². The molecule has 26 heavy (non-hydrogen) atoms. The Morgan fingerprint density at radius 2 is 1.58 bits per heavy atom. The maximum atomic E-state index is 12.5. The van der Waals surface area contributed by atoms with Crippen molar-refractivity contribution in [2.24, 2.45) is 0 Å². The molecule has 0 saturated carbocycles. The van der Waals surface area contributed by atoms with Gasteiger partial charge in [0.05, 0.1) is 11.3 Å². The van der Waals surface area contributed by atoms with Crippen molar-refractivity contribution < 1.29 is 19.3 Å². The summed E-state index contributed by atoms with van der Waals surface area (Å²) in [5.41, 5.74) is 0.523. The number of halogens is 1. The first kappa shape index (κ1) is 17.5. The van der Waals surface area contributed by atoms with Gasteiger partial charge in [0.15, 0.2) is 0 Å². The van der Waals surface area contributed by atoms with Crippen LogP contribution in [0, 0.1) is 10.1 Å². The Kier molecular flexibility index (Phi) is 4.64. The second kappa shape index (κ2) is 6.89. The lowest BCUT2D eigenvalue weighted by Gasteiger charge is -2.18. The molecule has 0 aliphatic heterocycles. The highest BCUT2D eigenvalue weighted by Crippen LogP contribution is 2.27. The molecule has 1 amide bonds. The second-order valence-electron chi connectivity index (χ2n) is 5.54. The average Bonchev–Trinajstić information content (AvgIpc) is 2.64. The predicted octanol–water partition coefficient (Wildman–Crippen LogP) is 2.78. The van der Waals surface area contributed by atoms with Crippen LogP contribution in [0.25, 0.3) is 0 Å². The number of ketones is 2. The van der Waals surface area contributed by atoms with E-state index >= 15 is 0 Å². The maximum Gasteiger partial charge on any atom is 0.269 e. The first-order valence-electron chi connectivity index (χ1n) is 7.50. The number of rotatable bonds is 4. The summed E-state index contributed by atoms with van der Waals surface area (Å²) >= 11 is 5.98. The summed E-state index contributed by atoms with van der Waals surface area (Å²) in [6, 6.07) is 11.6. The third-order valence-electron chi connectivity index (χ3n) is 3.84.